The molecule has 0 spiro atoms. The molecule has 2 aromatic heterocycles. The van der Waals surface area contributed by atoms with Crippen molar-refractivity contribution < 1.29 is 4.79 Å². The molecule has 8 aromatic rings. The molecule has 8 rings (SSSR count). The van der Waals surface area contributed by atoms with Crippen molar-refractivity contribution in [2.45, 2.75) is 6.92 Å². The summed E-state index contributed by atoms with van der Waals surface area (Å²) in [6.45, 7) is 2.07. The van der Waals surface area contributed by atoms with Gasteiger partial charge in [-0.1, -0.05) is 103 Å². The molecule has 2 heterocycles. The van der Waals surface area contributed by atoms with Crippen LogP contribution in [0, 0.1) is 6.92 Å². The van der Waals surface area contributed by atoms with Crippen molar-refractivity contribution in [3.05, 3.63) is 145 Å². The Hall–Kier alpha value is -5.41. The van der Waals surface area contributed by atoms with Gasteiger partial charge in [0.05, 0.1) is 27.8 Å². The molecule has 0 aliphatic rings. The third-order valence-corrected chi connectivity index (χ3v) is 8.27. The summed E-state index contributed by atoms with van der Waals surface area (Å²) in [6, 6.07) is 47.0. The van der Waals surface area contributed by atoms with E-state index in [1.807, 2.05) is 12.1 Å². The van der Waals surface area contributed by atoms with Gasteiger partial charge >= 0.3 is 0 Å². The minimum absolute atomic E-state index is 0.683. The Morgan fingerprint density at radius 2 is 0.976 bits per heavy atom. The highest BCUT2D eigenvalue weighted by Crippen LogP contribution is 2.40. The van der Waals surface area contributed by atoms with E-state index in [2.05, 4.69) is 137 Å². The first-order valence-electron chi connectivity index (χ1n) is 13.9. The summed E-state index contributed by atoms with van der Waals surface area (Å²) in [5.74, 6) is 0. The monoisotopic (exact) mass is 526 g/mol. The Morgan fingerprint density at radius 3 is 1.49 bits per heavy atom. The van der Waals surface area contributed by atoms with Crippen LogP contribution in [-0.4, -0.2) is 15.4 Å². The summed E-state index contributed by atoms with van der Waals surface area (Å²) < 4.78 is 4.71. The second kappa shape index (κ2) is 9.07. The van der Waals surface area contributed by atoms with E-state index in [4.69, 9.17) is 0 Å². The highest BCUT2D eigenvalue weighted by atomic mass is 16.1. The number of benzene rings is 6. The first-order chi connectivity index (χ1) is 20.2. The predicted octanol–water partition coefficient (Wildman–Crippen LogP) is 9.67. The molecule has 0 saturated carbocycles. The van der Waals surface area contributed by atoms with Crippen LogP contribution in [0.2, 0.25) is 0 Å². The molecular weight excluding hydrogens is 500 g/mol. The van der Waals surface area contributed by atoms with Crippen LogP contribution in [0.5, 0.6) is 0 Å². The molecule has 0 bridgehead atoms. The standard InChI is InChI=1S/C38H26N2O/c1-25-18-19-26(24-41)33(22-25)32-21-20-27(39-34-14-6-2-10-28(34)29-11-3-7-15-35(29)39)23-38(32)40-36-16-8-4-12-30(36)31-13-5-9-17-37(31)40/h2-24H,1H3. The molecule has 6 aromatic carbocycles. The lowest BCUT2D eigenvalue weighted by atomic mass is 9.96. The number of nitrogens with zero attached hydrogens (tertiary/aromatic N) is 2. The first-order valence-corrected chi connectivity index (χ1v) is 13.9. The number of fused-ring (bicyclic) bond motifs is 6. The smallest absolute Gasteiger partial charge is 0.150 e. The van der Waals surface area contributed by atoms with E-state index in [9.17, 15) is 4.79 Å². The van der Waals surface area contributed by atoms with Gasteiger partial charge in [0.15, 0.2) is 6.29 Å². The Bertz CT molecular complexity index is 2190. The molecule has 0 aliphatic carbocycles. The Morgan fingerprint density at radius 1 is 0.488 bits per heavy atom. The predicted molar refractivity (Wildman–Crippen MR) is 171 cm³/mol. The second-order valence-corrected chi connectivity index (χ2v) is 10.6. The van der Waals surface area contributed by atoms with E-state index in [1.165, 1.54) is 32.6 Å². The zero-order valence-corrected chi connectivity index (χ0v) is 22.6. The van der Waals surface area contributed by atoms with Gasteiger partial charge in [-0.3, -0.25) is 4.79 Å². The Kier molecular flexibility index (Phi) is 5.19. The number of aldehydes is 1. The van der Waals surface area contributed by atoms with Gasteiger partial charge in [0.1, 0.15) is 0 Å². The molecule has 0 aliphatic heterocycles. The van der Waals surface area contributed by atoms with Crippen molar-refractivity contribution in [2.75, 3.05) is 0 Å². The number of carbonyl (C=O) groups is 1. The van der Waals surface area contributed by atoms with Gasteiger partial charge in [-0.05, 0) is 48.9 Å². The van der Waals surface area contributed by atoms with Crippen LogP contribution in [0.1, 0.15) is 15.9 Å². The molecule has 3 nitrogen and oxygen atoms in total. The van der Waals surface area contributed by atoms with Crippen molar-refractivity contribution in [1.82, 2.24) is 9.13 Å². The largest absolute Gasteiger partial charge is 0.309 e. The lowest BCUT2D eigenvalue weighted by Gasteiger charge is -2.18. The number of carbonyl (C=O) groups excluding carboxylic acids is 1. The van der Waals surface area contributed by atoms with E-state index in [-0.39, 0.29) is 0 Å². The summed E-state index contributed by atoms with van der Waals surface area (Å²) in [5, 5.41) is 4.87. The summed E-state index contributed by atoms with van der Waals surface area (Å²) in [5.41, 5.74) is 10.5. The highest BCUT2D eigenvalue weighted by Gasteiger charge is 2.19. The lowest BCUT2D eigenvalue weighted by Crippen LogP contribution is -2.02. The van der Waals surface area contributed by atoms with Crippen molar-refractivity contribution in [3.8, 4) is 22.5 Å². The molecule has 0 N–H and O–H groups in total. The van der Waals surface area contributed by atoms with E-state index < -0.39 is 0 Å². The fraction of sp³-hybridized carbons (Fsp3) is 0.0263. The Balaban J connectivity index is 1.53. The number of aryl methyl sites for hydroxylation is 1. The van der Waals surface area contributed by atoms with E-state index >= 15 is 0 Å². The number of aromatic nitrogens is 2. The number of hydrogen-bond acceptors (Lipinski definition) is 1. The maximum absolute atomic E-state index is 12.3. The van der Waals surface area contributed by atoms with Crippen LogP contribution in [0.25, 0.3) is 66.1 Å². The molecule has 0 unspecified atom stereocenters. The zero-order valence-electron chi connectivity index (χ0n) is 22.6. The minimum Gasteiger partial charge on any atom is -0.309 e. The van der Waals surface area contributed by atoms with E-state index in [0.29, 0.717) is 5.56 Å². The van der Waals surface area contributed by atoms with Gasteiger partial charge in [-0.25, -0.2) is 0 Å². The van der Waals surface area contributed by atoms with Crippen LogP contribution in [0.15, 0.2) is 133 Å². The third-order valence-electron chi connectivity index (χ3n) is 8.27. The van der Waals surface area contributed by atoms with Crippen molar-refractivity contribution >= 4 is 49.9 Å². The highest BCUT2D eigenvalue weighted by molar-refractivity contribution is 6.11. The van der Waals surface area contributed by atoms with Gasteiger partial charge in [0.2, 0.25) is 0 Å². The van der Waals surface area contributed by atoms with Gasteiger partial charge in [0, 0.05) is 38.4 Å². The van der Waals surface area contributed by atoms with Gasteiger partial charge < -0.3 is 9.13 Å². The molecule has 0 fully saturated rings. The maximum Gasteiger partial charge on any atom is 0.150 e. The van der Waals surface area contributed by atoms with Crippen molar-refractivity contribution in [1.29, 1.82) is 0 Å². The fourth-order valence-electron chi connectivity index (χ4n) is 6.46. The molecule has 3 heteroatoms. The molecule has 0 amide bonds. The average Bonchev–Trinajstić information content (AvgIpc) is 3.54. The van der Waals surface area contributed by atoms with E-state index in [1.54, 1.807) is 0 Å². The SMILES string of the molecule is Cc1ccc(C=O)c(-c2ccc(-n3c4ccccc4c4ccccc43)cc2-n2c3ccccc3c3ccccc32)c1. The minimum atomic E-state index is 0.683. The van der Waals surface area contributed by atoms with Crippen LogP contribution < -0.4 is 0 Å². The van der Waals surface area contributed by atoms with Crippen LogP contribution >= 0.6 is 0 Å². The molecule has 0 saturated heterocycles. The Labute approximate surface area is 237 Å². The fourth-order valence-corrected chi connectivity index (χ4v) is 6.46. The van der Waals surface area contributed by atoms with Gasteiger partial charge in [-0.2, -0.15) is 0 Å². The summed E-state index contributed by atoms with van der Waals surface area (Å²) >= 11 is 0. The number of para-hydroxylation sites is 4. The summed E-state index contributed by atoms with van der Waals surface area (Å²) in [7, 11) is 0. The van der Waals surface area contributed by atoms with Gasteiger partial charge in [0.25, 0.3) is 0 Å². The second-order valence-electron chi connectivity index (χ2n) is 10.6. The first kappa shape index (κ1) is 23.5. The maximum atomic E-state index is 12.3. The topological polar surface area (TPSA) is 26.9 Å². The van der Waals surface area contributed by atoms with Crippen molar-refractivity contribution in [2.24, 2.45) is 0 Å². The molecule has 194 valence electrons. The van der Waals surface area contributed by atoms with Crippen LogP contribution in [0.3, 0.4) is 0 Å². The van der Waals surface area contributed by atoms with Crippen LogP contribution in [0.4, 0.5) is 0 Å². The average molecular weight is 527 g/mol. The summed E-state index contributed by atoms with van der Waals surface area (Å²) in [4.78, 5) is 12.3. The van der Waals surface area contributed by atoms with Gasteiger partial charge in [-0.15, -0.1) is 0 Å². The molecule has 41 heavy (non-hydrogen) atoms. The molecule has 0 atom stereocenters. The quantitative estimate of drug-likeness (QED) is 0.210. The van der Waals surface area contributed by atoms with Crippen LogP contribution in [-0.2, 0) is 0 Å². The molecule has 0 radical (unpaired) electrons. The third kappa shape index (κ3) is 3.49. The zero-order chi connectivity index (χ0) is 27.5. The van der Waals surface area contributed by atoms with Crippen molar-refractivity contribution in [3.63, 3.8) is 0 Å². The van der Waals surface area contributed by atoms with E-state index in [0.717, 1.165) is 45.4 Å². The number of rotatable bonds is 4. The number of hydrogen-bond donors (Lipinski definition) is 0. The molecular formula is C38H26N2O. The normalized spacial score (nSPS) is 11.6. The summed E-state index contributed by atoms with van der Waals surface area (Å²) in [6.07, 6.45) is 0.964. The lowest BCUT2D eigenvalue weighted by molar-refractivity contribution is 0.112.